The molecule has 0 unspecified atom stereocenters. The zero-order chi connectivity index (χ0) is 17.2. The SMILES string of the molecule is COC(=O)Cc1cc2c(cc1Cl)CN(C(=O)OC(C)(C)C)CC2. The van der Waals surface area contributed by atoms with Gasteiger partial charge < -0.3 is 14.4 Å². The standard InChI is InChI=1S/C17H22ClNO4/c1-17(2,3)23-16(21)19-6-5-11-7-12(9-15(20)22-4)14(18)8-13(11)10-19/h7-8H,5-6,9-10H2,1-4H3. The summed E-state index contributed by atoms with van der Waals surface area (Å²) in [6.45, 7) is 6.58. The first-order valence-electron chi connectivity index (χ1n) is 7.54. The topological polar surface area (TPSA) is 55.8 Å². The minimum atomic E-state index is -0.515. The number of carbonyl (C=O) groups excluding carboxylic acids is 2. The minimum absolute atomic E-state index is 0.151. The van der Waals surface area contributed by atoms with Gasteiger partial charge in [-0.1, -0.05) is 17.7 Å². The third-order valence-corrected chi connectivity index (χ3v) is 3.95. The first kappa shape index (κ1) is 17.6. The molecule has 0 atom stereocenters. The predicted octanol–water partition coefficient (Wildman–Crippen LogP) is 3.35. The molecule has 0 saturated carbocycles. The predicted molar refractivity (Wildman–Crippen MR) is 87.5 cm³/mol. The molecule has 0 aliphatic carbocycles. The number of hydrogen-bond acceptors (Lipinski definition) is 4. The molecule has 2 rings (SSSR count). The van der Waals surface area contributed by atoms with Gasteiger partial charge in [-0.25, -0.2) is 4.79 Å². The van der Waals surface area contributed by atoms with Crippen molar-refractivity contribution in [2.75, 3.05) is 13.7 Å². The lowest BCUT2D eigenvalue weighted by molar-refractivity contribution is -0.139. The van der Waals surface area contributed by atoms with Gasteiger partial charge in [-0.15, -0.1) is 0 Å². The van der Waals surface area contributed by atoms with Crippen LogP contribution in [0.15, 0.2) is 12.1 Å². The Morgan fingerprint density at radius 2 is 1.96 bits per heavy atom. The molecule has 0 N–H and O–H groups in total. The average molecular weight is 340 g/mol. The van der Waals surface area contributed by atoms with E-state index in [2.05, 4.69) is 4.74 Å². The Balaban J connectivity index is 2.14. The van der Waals surface area contributed by atoms with Gasteiger partial charge >= 0.3 is 12.1 Å². The molecule has 0 saturated heterocycles. The molecular formula is C17H22ClNO4. The third-order valence-electron chi connectivity index (χ3n) is 3.60. The van der Waals surface area contributed by atoms with Crippen molar-refractivity contribution in [2.45, 2.75) is 45.8 Å². The molecule has 0 bridgehead atoms. The summed E-state index contributed by atoms with van der Waals surface area (Å²) in [6.07, 6.45) is 0.538. The molecular weight excluding hydrogens is 318 g/mol. The van der Waals surface area contributed by atoms with Crippen LogP contribution in [0.2, 0.25) is 5.02 Å². The van der Waals surface area contributed by atoms with Crippen molar-refractivity contribution >= 4 is 23.7 Å². The Morgan fingerprint density at radius 1 is 1.26 bits per heavy atom. The van der Waals surface area contributed by atoms with E-state index in [4.69, 9.17) is 16.3 Å². The summed E-state index contributed by atoms with van der Waals surface area (Å²) in [7, 11) is 1.35. The van der Waals surface area contributed by atoms with E-state index in [9.17, 15) is 9.59 Å². The molecule has 0 spiro atoms. The number of hydrogen-bond donors (Lipinski definition) is 0. The van der Waals surface area contributed by atoms with Crippen molar-refractivity contribution < 1.29 is 19.1 Å². The summed E-state index contributed by atoms with van der Waals surface area (Å²) >= 11 is 6.25. The van der Waals surface area contributed by atoms with Crippen LogP contribution in [0.25, 0.3) is 0 Å². The van der Waals surface area contributed by atoms with E-state index in [0.717, 1.165) is 16.7 Å². The van der Waals surface area contributed by atoms with Crippen molar-refractivity contribution in [3.05, 3.63) is 33.8 Å². The Kier molecular flexibility index (Phi) is 5.19. The summed E-state index contributed by atoms with van der Waals surface area (Å²) in [5.41, 5.74) is 2.33. The molecule has 1 aromatic carbocycles. The summed E-state index contributed by atoms with van der Waals surface area (Å²) < 4.78 is 10.1. The third kappa shape index (κ3) is 4.61. The van der Waals surface area contributed by atoms with Crippen LogP contribution in [-0.4, -0.2) is 36.2 Å². The van der Waals surface area contributed by atoms with Crippen molar-refractivity contribution in [1.29, 1.82) is 0 Å². The van der Waals surface area contributed by atoms with Crippen molar-refractivity contribution in [3.63, 3.8) is 0 Å². The number of halogens is 1. The van der Waals surface area contributed by atoms with Crippen LogP contribution in [0.5, 0.6) is 0 Å². The van der Waals surface area contributed by atoms with Crippen molar-refractivity contribution in [1.82, 2.24) is 4.90 Å². The van der Waals surface area contributed by atoms with E-state index in [1.165, 1.54) is 7.11 Å². The maximum absolute atomic E-state index is 12.2. The largest absolute Gasteiger partial charge is 0.469 e. The van der Waals surface area contributed by atoms with Crippen LogP contribution in [0, 0.1) is 0 Å². The van der Waals surface area contributed by atoms with Gasteiger partial charge in [0, 0.05) is 18.1 Å². The van der Waals surface area contributed by atoms with Gasteiger partial charge in [-0.3, -0.25) is 4.79 Å². The maximum atomic E-state index is 12.2. The molecule has 0 aromatic heterocycles. The highest BCUT2D eigenvalue weighted by Gasteiger charge is 2.26. The van der Waals surface area contributed by atoms with E-state index in [1.54, 1.807) is 4.90 Å². The van der Waals surface area contributed by atoms with Gasteiger partial charge in [0.15, 0.2) is 0 Å². The number of methoxy groups -OCH3 is 1. The Morgan fingerprint density at radius 3 is 2.57 bits per heavy atom. The number of esters is 1. The van der Waals surface area contributed by atoms with E-state index in [0.29, 0.717) is 24.5 Å². The molecule has 1 amide bonds. The molecule has 0 fully saturated rings. The van der Waals surface area contributed by atoms with Gasteiger partial charge in [-0.05, 0) is 49.9 Å². The zero-order valence-electron chi connectivity index (χ0n) is 13.9. The molecule has 1 aliphatic heterocycles. The number of rotatable bonds is 2. The summed E-state index contributed by atoms with van der Waals surface area (Å²) in [4.78, 5) is 25.3. The lowest BCUT2D eigenvalue weighted by Crippen LogP contribution is -2.39. The van der Waals surface area contributed by atoms with Gasteiger partial charge in [0.2, 0.25) is 0 Å². The van der Waals surface area contributed by atoms with Crippen LogP contribution < -0.4 is 0 Å². The fourth-order valence-electron chi connectivity index (χ4n) is 2.48. The first-order chi connectivity index (χ1) is 10.7. The number of amides is 1. The quantitative estimate of drug-likeness (QED) is 0.775. The Hall–Kier alpha value is -1.75. The van der Waals surface area contributed by atoms with Gasteiger partial charge in [0.25, 0.3) is 0 Å². The highest BCUT2D eigenvalue weighted by molar-refractivity contribution is 6.31. The lowest BCUT2D eigenvalue weighted by Gasteiger charge is -2.31. The van der Waals surface area contributed by atoms with Crippen LogP contribution in [0.3, 0.4) is 0 Å². The lowest BCUT2D eigenvalue weighted by atomic mass is 9.96. The first-order valence-corrected chi connectivity index (χ1v) is 7.92. The number of benzene rings is 1. The molecule has 6 heteroatoms. The van der Waals surface area contributed by atoms with E-state index in [1.807, 2.05) is 32.9 Å². The normalized spacial score (nSPS) is 14.2. The minimum Gasteiger partial charge on any atom is -0.469 e. The zero-order valence-corrected chi connectivity index (χ0v) is 14.7. The van der Waals surface area contributed by atoms with Crippen LogP contribution in [0.4, 0.5) is 4.79 Å². The number of ether oxygens (including phenoxy) is 2. The maximum Gasteiger partial charge on any atom is 0.410 e. The molecule has 5 nitrogen and oxygen atoms in total. The molecule has 0 radical (unpaired) electrons. The summed E-state index contributed by atoms with van der Waals surface area (Å²) in [5, 5.41) is 0.514. The van der Waals surface area contributed by atoms with E-state index >= 15 is 0 Å². The number of carbonyl (C=O) groups is 2. The second-order valence-electron chi connectivity index (χ2n) is 6.62. The molecule has 1 heterocycles. The molecule has 1 aromatic rings. The average Bonchev–Trinajstić information content (AvgIpc) is 2.45. The number of nitrogens with zero attached hydrogens (tertiary/aromatic N) is 1. The fraction of sp³-hybridized carbons (Fsp3) is 0.529. The van der Waals surface area contributed by atoms with Crippen molar-refractivity contribution in [3.8, 4) is 0 Å². The molecule has 23 heavy (non-hydrogen) atoms. The highest BCUT2D eigenvalue weighted by atomic mass is 35.5. The number of fused-ring (bicyclic) bond motifs is 1. The Bertz CT molecular complexity index is 622. The fourth-order valence-corrected chi connectivity index (χ4v) is 2.73. The Labute approximate surface area is 141 Å². The second kappa shape index (κ2) is 6.79. The van der Waals surface area contributed by atoms with E-state index < -0.39 is 5.60 Å². The molecule has 126 valence electrons. The van der Waals surface area contributed by atoms with Gasteiger partial charge in [0.1, 0.15) is 5.60 Å². The monoisotopic (exact) mass is 339 g/mol. The highest BCUT2D eigenvalue weighted by Crippen LogP contribution is 2.27. The van der Waals surface area contributed by atoms with Crippen LogP contribution in [0.1, 0.15) is 37.5 Å². The smallest absolute Gasteiger partial charge is 0.410 e. The summed E-state index contributed by atoms with van der Waals surface area (Å²) in [6, 6.07) is 3.76. The van der Waals surface area contributed by atoms with Crippen LogP contribution in [-0.2, 0) is 33.7 Å². The van der Waals surface area contributed by atoms with Crippen LogP contribution >= 0.6 is 11.6 Å². The summed E-state index contributed by atoms with van der Waals surface area (Å²) in [5.74, 6) is -0.321. The van der Waals surface area contributed by atoms with E-state index in [-0.39, 0.29) is 18.5 Å². The van der Waals surface area contributed by atoms with Gasteiger partial charge in [-0.2, -0.15) is 0 Å². The van der Waals surface area contributed by atoms with Gasteiger partial charge in [0.05, 0.1) is 13.5 Å². The molecule has 1 aliphatic rings. The van der Waals surface area contributed by atoms with Crippen molar-refractivity contribution in [2.24, 2.45) is 0 Å². The second-order valence-corrected chi connectivity index (χ2v) is 7.02.